The van der Waals surface area contributed by atoms with Gasteiger partial charge in [0.1, 0.15) is 5.75 Å². The number of hydrogen-bond acceptors (Lipinski definition) is 7. The summed E-state index contributed by atoms with van der Waals surface area (Å²) in [6.07, 6.45) is 0.0285. The smallest absolute Gasteiger partial charge is 0.290 e. The van der Waals surface area contributed by atoms with Gasteiger partial charge < -0.3 is 19.5 Å². The van der Waals surface area contributed by atoms with Crippen LogP contribution in [0.3, 0.4) is 0 Å². The normalized spacial score (nSPS) is 16.7. The Morgan fingerprint density at radius 2 is 1.93 bits per heavy atom. The van der Waals surface area contributed by atoms with Crippen LogP contribution in [-0.4, -0.2) is 53.0 Å². The third-order valence-electron chi connectivity index (χ3n) is 4.76. The van der Waals surface area contributed by atoms with Crippen LogP contribution in [0.5, 0.6) is 5.75 Å². The second-order valence-corrected chi connectivity index (χ2v) is 8.57. The molecule has 1 unspecified atom stereocenters. The second kappa shape index (κ2) is 8.97. The van der Waals surface area contributed by atoms with Gasteiger partial charge in [0.25, 0.3) is 5.91 Å². The molecule has 1 aromatic heterocycles. The molecular formula is C22H26N2O5S. The fraction of sp³-hybridized carbons (Fsp3) is 0.409. The summed E-state index contributed by atoms with van der Waals surface area (Å²) in [6, 6.07) is 6.51. The highest BCUT2D eigenvalue weighted by Crippen LogP contribution is 2.40. The van der Waals surface area contributed by atoms with Crippen LogP contribution in [0, 0.1) is 13.8 Å². The number of aliphatic hydroxyl groups excluding tert-OH is 1. The number of nitrogens with zero attached hydrogens (tertiary/aromatic N) is 2. The minimum Gasteiger partial charge on any atom is -0.503 e. The predicted molar refractivity (Wildman–Crippen MR) is 114 cm³/mol. The Labute approximate surface area is 180 Å². The van der Waals surface area contributed by atoms with E-state index in [0.717, 1.165) is 5.01 Å². The minimum absolute atomic E-state index is 0.0285. The topological polar surface area (TPSA) is 89.0 Å². The first-order valence-electron chi connectivity index (χ1n) is 9.73. The lowest BCUT2D eigenvalue weighted by atomic mass is 9.95. The zero-order valence-electron chi connectivity index (χ0n) is 17.8. The van der Waals surface area contributed by atoms with Gasteiger partial charge in [-0.15, -0.1) is 11.3 Å². The van der Waals surface area contributed by atoms with Crippen LogP contribution < -0.4 is 4.74 Å². The summed E-state index contributed by atoms with van der Waals surface area (Å²) < 4.78 is 10.8. The van der Waals surface area contributed by atoms with E-state index < -0.39 is 17.7 Å². The molecule has 2 heterocycles. The maximum atomic E-state index is 13.4. The number of amides is 1. The third kappa shape index (κ3) is 4.24. The van der Waals surface area contributed by atoms with Crippen molar-refractivity contribution in [3.05, 3.63) is 56.7 Å². The van der Waals surface area contributed by atoms with Gasteiger partial charge in [0, 0.05) is 13.7 Å². The van der Waals surface area contributed by atoms with Crippen molar-refractivity contribution in [1.82, 2.24) is 9.88 Å². The highest BCUT2D eigenvalue weighted by molar-refractivity contribution is 7.14. The molecule has 3 rings (SSSR count). The number of methoxy groups -OCH3 is 1. The van der Waals surface area contributed by atoms with Crippen molar-refractivity contribution < 1.29 is 24.2 Å². The van der Waals surface area contributed by atoms with Crippen LogP contribution in [0.4, 0.5) is 0 Å². The number of hydrogen-bond donors (Lipinski definition) is 1. The van der Waals surface area contributed by atoms with Gasteiger partial charge in [0.15, 0.2) is 5.76 Å². The van der Waals surface area contributed by atoms with Gasteiger partial charge in [-0.25, -0.2) is 4.98 Å². The van der Waals surface area contributed by atoms with Gasteiger partial charge in [-0.1, -0.05) is 12.1 Å². The lowest BCUT2D eigenvalue weighted by Crippen LogP contribution is -2.34. The van der Waals surface area contributed by atoms with Crippen LogP contribution in [0.2, 0.25) is 0 Å². The third-order valence-corrected chi connectivity index (χ3v) is 5.83. The van der Waals surface area contributed by atoms with E-state index in [0.29, 0.717) is 21.9 Å². The molecular weight excluding hydrogens is 404 g/mol. The number of rotatable bonds is 8. The van der Waals surface area contributed by atoms with Crippen LogP contribution in [0.1, 0.15) is 45.8 Å². The van der Waals surface area contributed by atoms with Crippen molar-refractivity contribution in [3.8, 4) is 5.75 Å². The first-order chi connectivity index (χ1) is 14.2. The number of thiazole rings is 1. The van der Waals surface area contributed by atoms with Gasteiger partial charge in [-0.3, -0.25) is 9.59 Å². The molecule has 1 N–H and O–H groups in total. The van der Waals surface area contributed by atoms with Crippen molar-refractivity contribution in [2.24, 2.45) is 0 Å². The Morgan fingerprint density at radius 3 is 2.47 bits per heavy atom. The quantitative estimate of drug-likeness (QED) is 0.642. The van der Waals surface area contributed by atoms with E-state index in [1.165, 1.54) is 23.3 Å². The number of Topliss-reactive ketones (excluding diaryl/α,β-unsaturated/α-hetero) is 1. The van der Waals surface area contributed by atoms with Gasteiger partial charge in [0.2, 0.25) is 5.78 Å². The molecule has 8 heteroatoms. The van der Waals surface area contributed by atoms with Crippen molar-refractivity contribution in [1.29, 1.82) is 0 Å². The number of benzene rings is 1. The second-order valence-electron chi connectivity index (χ2n) is 7.37. The SMILES string of the molecule is COCCN1C(=O)C(O)=C(C(=O)c2sc(C)nc2C)C1c1ccc(OC(C)C)cc1. The van der Waals surface area contributed by atoms with Crippen LogP contribution in [0.25, 0.3) is 0 Å². The minimum atomic E-state index is -0.713. The van der Waals surface area contributed by atoms with Crippen LogP contribution in [0.15, 0.2) is 35.6 Å². The molecule has 1 aliphatic heterocycles. The molecule has 1 amide bonds. The molecule has 0 saturated heterocycles. The molecule has 1 aliphatic rings. The summed E-state index contributed by atoms with van der Waals surface area (Å²) in [5.41, 5.74) is 1.37. The highest BCUT2D eigenvalue weighted by Gasteiger charge is 2.44. The zero-order valence-corrected chi connectivity index (χ0v) is 18.6. The van der Waals surface area contributed by atoms with E-state index in [-0.39, 0.29) is 30.6 Å². The number of aryl methyl sites for hydroxylation is 2. The summed E-state index contributed by atoms with van der Waals surface area (Å²) >= 11 is 1.26. The summed E-state index contributed by atoms with van der Waals surface area (Å²) in [5.74, 6) is -0.788. The maximum absolute atomic E-state index is 13.4. The Bertz CT molecular complexity index is 978. The lowest BCUT2D eigenvalue weighted by molar-refractivity contribution is -0.130. The number of aliphatic hydroxyl groups is 1. The Balaban J connectivity index is 2.04. The molecule has 0 spiro atoms. The average molecular weight is 431 g/mol. The summed E-state index contributed by atoms with van der Waals surface area (Å²) in [6.45, 7) is 7.97. The summed E-state index contributed by atoms with van der Waals surface area (Å²) in [7, 11) is 1.54. The molecule has 0 radical (unpaired) electrons. The van der Waals surface area contributed by atoms with Crippen molar-refractivity contribution >= 4 is 23.0 Å². The molecule has 0 saturated carbocycles. The monoisotopic (exact) mass is 430 g/mol. The highest BCUT2D eigenvalue weighted by atomic mass is 32.1. The van der Waals surface area contributed by atoms with E-state index in [4.69, 9.17) is 9.47 Å². The van der Waals surface area contributed by atoms with Gasteiger partial charge in [-0.2, -0.15) is 0 Å². The molecule has 0 fully saturated rings. The maximum Gasteiger partial charge on any atom is 0.290 e. The molecule has 30 heavy (non-hydrogen) atoms. The number of carbonyl (C=O) groups excluding carboxylic acids is 2. The van der Waals surface area contributed by atoms with E-state index in [1.807, 2.05) is 32.9 Å². The molecule has 160 valence electrons. The molecule has 0 bridgehead atoms. The number of carbonyl (C=O) groups is 2. The fourth-order valence-electron chi connectivity index (χ4n) is 3.52. The molecule has 7 nitrogen and oxygen atoms in total. The van der Waals surface area contributed by atoms with Gasteiger partial charge in [-0.05, 0) is 45.4 Å². The van der Waals surface area contributed by atoms with Crippen molar-refractivity contribution in [2.45, 2.75) is 39.8 Å². The largest absolute Gasteiger partial charge is 0.503 e. The fourth-order valence-corrected chi connectivity index (χ4v) is 4.39. The zero-order chi connectivity index (χ0) is 22.0. The first kappa shape index (κ1) is 22.0. The molecule has 2 aromatic rings. The lowest BCUT2D eigenvalue weighted by Gasteiger charge is -2.26. The van der Waals surface area contributed by atoms with Crippen molar-refractivity contribution in [2.75, 3.05) is 20.3 Å². The molecule has 0 aliphatic carbocycles. The van der Waals surface area contributed by atoms with Gasteiger partial charge in [0.05, 0.1) is 39.9 Å². The molecule has 1 atom stereocenters. The number of aromatic nitrogens is 1. The standard InChI is InChI=1S/C22H26N2O5S/c1-12(2)29-16-8-6-15(7-9-16)18-17(19(25)21-13(3)23-14(4)30-21)20(26)22(27)24(18)10-11-28-5/h6-9,12,18,26H,10-11H2,1-5H3. The number of ketones is 1. The van der Waals surface area contributed by atoms with Crippen molar-refractivity contribution in [3.63, 3.8) is 0 Å². The summed E-state index contributed by atoms with van der Waals surface area (Å²) in [5, 5.41) is 11.4. The first-order valence-corrected chi connectivity index (χ1v) is 10.5. The predicted octanol–water partition coefficient (Wildman–Crippen LogP) is 3.77. The van der Waals surface area contributed by atoms with E-state index in [1.54, 1.807) is 19.1 Å². The Kier molecular flexibility index (Phi) is 6.58. The van der Waals surface area contributed by atoms with E-state index >= 15 is 0 Å². The average Bonchev–Trinajstić information content (AvgIpc) is 3.16. The Hall–Kier alpha value is -2.71. The van der Waals surface area contributed by atoms with Crippen LogP contribution in [-0.2, 0) is 9.53 Å². The number of ether oxygens (including phenoxy) is 2. The van der Waals surface area contributed by atoms with E-state index in [2.05, 4.69) is 4.98 Å². The van der Waals surface area contributed by atoms with Gasteiger partial charge >= 0.3 is 0 Å². The molecule has 1 aromatic carbocycles. The summed E-state index contributed by atoms with van der Waals surface area (Å²) in [4.78, 5) is 32.4. The van der Waals surface area contributed by atoms with E-state index in [9.17, 15) is 14.7 Å². The Morgan fingerprint density at radius 1 is 1.27 bits per heavy atom. The van der Waals surface area contributed by atoms with Crippen LogP contribution >= 0.6 is 11.3 Å².